The first-order valence-electron chi connectivity index (χ1n) is 6.38. The Balaban J connectivity index is 2.61. The highest BCUT2D eigenvalue weighted by Gasteiger charge is 2.02. The van der Waals surface area contributed by atoms with Crippen molar-refractivity contribution in [3.63, 3.8) is 0 Å². The Morgan fingerprint density at radius 2 is 2.16 bits per heavy atom. The van der Waals surface area contributed by atoms with Gasteiger partial charge >= 0.3 is 0 Å². The molecular weight excluding hydrogens is 238 g/mol. The molecule has 0 saturated heterocycles. The van der Waals surface area contributed by atoms with Gasteiger partial charge in [0.25, 0.3) is 0 Å². The minimum absolute atomic E-state index is 0.575. The third-order valence-corrected chi connectivity index (χ3v) is 2.84. The van der Waals surface area contributed by atoms with Crippen LogP contribution in [0.1, 0.15) is 12.5 Å². The van der Waals surface area contributed by atoms with Gasteiger partial charge in [0.2, 0.25) is 0 Å². The van der Waals surface area contributed by atoms with Crippen LogP contribution in [-0.2, 0) is 11.3 Å². The lowest BCUT2D eigenvalue weighted by atomic mass is 10.2. The maximum Gasteiger partial charge on any atom is 0.119 e. The quantitative estimate of drug-likeness (QED) is 0.530. The molecule has 3 heteroatoms. The summed E-state index contributed by atoms with van der Waals surface area (Å²) >= 11 is 0. The van der Waals surface area contributed by atoms with Gasteiger partial charge in [-0.15, -0.1) is 0 Å². The zero-order chi connectivity index (χ0) is 14.1. The van der Waals surface area contributed by atoms with E-state index in [0.29, 0.717) is 13.2 Å². The Bertz CT molecular complexity index is 427. The van der Waals surface area contributed by atoms with Gasteiger partial charge in [-0.05, 0) is 30.7 Å². The van der Waals surface area contributed by atoms with Gasteiger partial charge in [-0.1, -0.05) is 24.8 Å². The number of methoxy groups -OCH3 is 1. The van der Waals surface area contributed by atoms with E-state index in [1.54, 1.807) is 13.2 Å². The van der Waals surface area contributed by atoms with E-state index in [9.17, 15) is 0 Å². The molecule has 0 aromatic heterocycles. The molecule has 1 aromatic carbocycles. The second kappa shape index (κ2) is 8.38. The summed E-state index contributed by atoms with van der Waals surface area (Å²) in [5, 5.41) is 0. The molecule has 0 aliphatic rings. The lowest BCUT2D eigenvalue weighted by molar-refractivity contribution is 0.146. The van der Waals surface area contributed by atoms with Crippen LogP contribution in [0.2, 0.25) is 0 Å². The van der Waals surface area contributed by atoms with E-state index in [4.69, 9.17) is 9.47 Å². The molecule has 19 heavy (non-hydrogen) atoms. The fourth-order valence-electron chi connectivity index (χ4n) is 1.67. The normalized spacial score (nSPS) is 11.2. The lowest BCUT2D eigenvalue weighted by Crippen LogP contribution is -2.15. The molecule has 1 aromatic rings. The molecule has 0 unspecified atom stereocenters. The summed E-state index contributed by atoms with van der Waals surface area (Å²) in [6.45, 7) is 7.80. The maximum absolute atomic E-state index is 5.60. The zero-order valence-electron chi connectivity index (χ0n) is 12.1. The van der Waals surface area contributed by atoms with Gasteiger partial charge in [0.1, 0.15) is 12.4 Å². The summed E-state index contributed by atoms with van der Waals surface area (Å²) in [5.74, 6) is 0.883. The van der Waals surface area contributed by atoms with Crippen molar-refractivity contribution in [2.75, 3.05) is 27.4 Å². The molecular formula is C16H23NO2. The highest BCUT2D eigenvalue weighted by molar-refractivity contribution is 5.28. The van der Waals surface area contributed by atoms with E-state index in [1.807, 2.05) is 18.2 Å². The lowest BCUT2D eigenvalue weighted by Gasteiger charge is -2.20. The number of ether oxygens (including phenoxy) is 2. The average molecular weight is 261 g/mol. The Morgan fingerprint density at radius 3 is 2.84 bits per heavy atom. The number of nitrogens with zero attached hydrogens (tertiary/aromatic N) is 1. The van der Waals surface area contributed by atoms with Gasteiger partial charge in [-0.3, -0.25) is 0 Å². The van der Waals surface area contributed by atoms with Gasteiger partial charge in [-0.25, -0.2) is 0 Å². The van der Waals surface area contributed by atoms with Crippen molar-refractivity contribution in [3.05, 3.63) is 54.3 Å². The summed E-state index contributed by atoms with van der Waals surface area (Å²) in [4.78, 5) is 2.18. The fraction of sp³-hybridized carbons (Fsp3) is 0.375. The first-order chi connectivity index (χ1) is 9.17. The predicted molar refractivity (Wildman–Crippen MR) is 79.2 cm³/mol. The molecule has 0 fully saturated rings. The first kappa shape index (κ1) is 15.3. The van der Waals surface area contributed by atoms with Crippen molar-refractivity contribution in [2.45, 2.75) is 13.5 Å². The van der Waals surface area contributed by atoms with Gasteiger partial charge < -0.3 is 14.4 Å². The van der Waals surface area contributed by atoms with Crippen LogP contribution in [-0.4, -0.2) is 32.3 Å². The fourth-order valence-corrected chi connectivity index (χ4v) is 1.67. The van der Waals surface area contributed by atoms with Gasteiger partial charge in [0, 0.05) is 26.4 Å². The predicted octanol–water partition coefficient (Wildman–Crippen LogP) is 3.23. The van der Waals surface area contributed by atoms with Crippen LogP contribution in [0.4, 0.5) is 0 Å². The van der Waals surface area contributed by atoms with Crippen LogP contribution < -0.4 is 4.74 Å². The van der Waals surface area contributed by atoms with Gasteiger partial charge in [0.05, 0.1) is 6.61 Å². The summed E-state index contributed by atoms with van der Waals surface area (Å²) in [6, 6.07) is 8.14. The Hall–Kier alpha value is -1.74. The van der Waals surface area contributed by atoms with Crippen molar-refractivity contribution in [2.24, 2.45) is 0 Å². The van der Waals surface area contributed by atoms with E-state index in [2.05, 4.69) is 37.6 Å². The van der Waals surface area contributed by atoms with Crippen LogP contribution in [0, 0.1) is 0 Å². The first-order valence-corrected chi connectivity index (χ1v) is 6.38. The summed E-state index contributed by atoms with van der Waals surface area (Å²) in [5.41, 5.74) is 2.40. The van der Waals surface area contributed by atoms with Crippen LogP contribution >= 0.6 is 0 Å². The smallest absolute Gasteiger partial charge is 0.119 e. The molecule has 0 N–H and O–H groups in total. The maximum atomic E-state index is 5.60. The minimum atomic E-state index is 0.575. The van der Waals surface area contributed by atoms with Crippen molar-refractivity contribution in [1.29, 1.82) is 0 Å². The monoisotopic (exact) mass is 261 g/mol. The summed E-state index contributed by atoms with van der Waals surface area (Å²) in [7, 11) is 3.73. The van der Waals surface area contributed by atoms with Crippen molar-refractivity contribution in [1.82, 2.24) is 4.90 Å². The third-order valence-electron chi connectivity index (χ3n) is 2.84. The molecule has 1 rings (SSSR count). The molecule has 0 bridgehead atoms. The standard InChI is InChI=1S/C16H23NO2/c1-5-7-14(2)17(3)13-15-8-6-9-16(12-15)19-11-10-18-4/h5-9,12H,1,10-11,13H2,2-4H3/b14-7+. The van der Waals surface area contributed by atoms with Crippen molar-refractivity contribution >= 4 is 0 Å². The Kier molecular flexibility index (Phi) is 6.75. The summed E-state index contributed by atoms with van der Waals surface area (Å²) in [6.07, 6.45) is 3.80. The number of hydrogen-bond donors (Lipinski definition) is 0. The number of hydrogen-bond acceptors (Lipinski definition) is 3. The van der Waals surface area contributed by atoms with E-state index in [0.717, 1.165) is 12.3 Å². The second-order valence-corrected chi connectivity index (χ2v) is 4.39. The SMILES string of the molecule is C=C/C=C(\C)N(C)Cc1cccc(OCCOC)c1. The van der Waals surface area contributed by atoms with E-state index in [1.165, 1.54) is 11.3 Å². The Labute approximate surface area is 116 Å². The molecule has 3 nitrogen and oxygen atoms in total. The number of rotatable bonds is 8. The molecule has 0 radical (unpaired) electrons. The van der Waals surface area contributed by atoms with Crippen LogP contribution in [0.15, 0.2) is 48.7 Å². The van der Waals surface area contributed by atoms with Crippen LogP contribution in [0.5, 0.6) is 5.75 Å². The van der Waals surface area contributed by atoms with E-state index < -0.39 is 0 Å². The van der Waals surface area contributed by atoms with E-state index in [-0.39, 0.29) is 0 Å². The average Bonchev–Trinajstić information content (AvgIpc) is 2.40. The van der Waals surface area contributed by atoms with Gasteiger partial charge in [0.15, 0.2) is 0 Å². The molecule has 0 heterocycles. The number of allylic oxidation sites excluding steroid dienone is 3. The highest BCUT2D eigenvalue weighted by atomic mass is 16.5. The molecule has 104 valence electrons. The minimum Gasteiger partial charge on any atom is -0.491 e. The molecule has 0 atom stereocenters. The molecule has 0 spiro atoms. The second-order valence-electron chi connectivity index (χ2n) is 4.39. The molecule has 0 aliphatic heterocycles. The van der Waals surface area contributed by atoms with Crippen molar-refractivity contribution in [3.8, 4) is 5.75 Å². The topological polar surface area (TPSA) is 21.7 Å². The van der Waals surface area contributed by atoms with Gasteiger partial charge in [-0.2, -0.15) is 0 Å². The third kappa shape index (κ3) is 5.62. The largest absolute Gasteiger partial charge is 0.491 e. The Morgan fingerprint density at radius 1 is 1.37 bits per heavy atom. The molecule has 0 aliphatic carbocycles. The van der Waals surface area contributed by atoms with Crippen molar-refractivity contribution < 1.29 is 9.47 Å². The highest BCUT2D eigenvalue weighted by Crippen LogP contribution is 2.16. The van der Waals surface area contributed by atoms with Crippen LogP contribution in [0.25, 0.3) is 0 Å². The molecule has 0 saturated carbocycles. The van der Waals surface area contributed by atoms with Crippen LogP contribution in [0.3, 0.4) is 0 Å². The summed E-state index contributed by atoms with van der Waals surface area (Å²) < 4.78 is 10.6. The van der Waals surface area contributed by atoms with E-state index >= 15 is 0 Å². The molecule has 0 amide bonds. The number of benzene rings is 1. The zero-order valence-corrected chi connectivity index (χ0v) is 12.1.